The lowest BCUT2D eigenvalue weighted by molar-refractivity contribution is 0.806. The normalized spacial score (nSPS) is 10.5. The van der Waals surface area contributed by atoms with Crippen LogP contribution in [0.3, 0.4) is 0 Å². The number of pyridine rings is 1. The first-order valence-electron chi connectivity index (χ1n) is 6.24. The SMILES string of the molecule is CCN(Cc1ccccn1)c1ccc(Cl)cc1CBr. The van der Waals surface area contributed by atoms with Crippen molar-refractivity contribution in [3.8, 4) is 0 Å². The summed E-state index contributed by atoms with van der Waals surface area (Å²) in [6, 6.07) is 12.0. The maximum atomic E-state index is 6.05. The molecule has 0 bridgehead atoms. The van der Waals surface area contributed by atoms with Crippen molar-refractivity contribution in [2.75, 3.05) is 11.4 Å². The first-order valence-corrected chi connectivity index (χ1v) is 7.73. The van der Waals surface area contributed by atoms with Gasteiger partial charge in [-0.1, -0.05) is 33.6 Å². The summed E-state index contributed by atoms with van der Waals surface area (Å²) in [6.45, 7) is 3.88. The molecule has 1 heterocycles. The Labute approximate surface area is 127 Å². The van der Waals surface area contributed by atoms with Crippen molar-refractivity contribution in [3.05, 3.63) is 58.9 Å². The molecule has 1 aromatic heterocycles. The van der Waals surface area contributed by atoms with Gasteiger partial charge in [0, 0.05) is 28.8 Å². The Bertz CT molecular complexity index is 531. The first kappa shape index (κ1) is 14.4. The van der Waals surface area contributed by atoms with E-state index in [1.807, 2.05) is 36.5 Å². The molecule has 2 aromatic rings. The van der Waals surface area contributed by atoms with Crippen molar-refractivity contribution in [3.63, 3.8) is 0 Å². The van der Waals surface area contributed by atoms with Gasteiger partial charge in [0.1, 0.15) is 0 Å². The molecule has 0 unspecified atom stereocenters. The third-order valence-electron chi connectivity index (χ3n) is 2.99. The third kappa shape index (κ3) is 3.71. The second-order valence-corrected chi connectivity index (χ2v) is 5.24. The molecule has 0 amide bonds. The van der Waals surface area contributed by atoms with Crippen molar-refractivity contribution in [1.82, 2.24) is 4.98 Å². The molecule has 4 heteroatoms. The van der Waals surface area contributed by atoms with Gasteiger partial charge in [-0.2, -0.15) is 0 Å². The van der Waals surface area contributed by atoms with Crippen LogP contribution in [0.5, 0.6) is 0 Å². The molecule has 0 fully saturated rings. The van der Waals surface area contributed by atoms with Gasteiger partial charge in [-0.15, -0.1) is 0 Å². The van der Waals surface area contributed by atoms with E-state index < -0.39 is 0 Å². The van der Waals surface area contributed by atoms with Crippen LogP contribution in [0.15, 0.2) is 42.6 Å². The molecular formula is C15H16BrClN2. The number of nitrogens with zero attached hydrogens (tertiary/aromatic N) is 2. The Hall–Kier alpha value is -1.06. The molecular weight excluding hydrogens is 324 g/mol. The van der Waals surface area contributed by atoms with Gasteiger partial charge >= 0.3 is 0 Å². The van der Waals surface area contributed by atoms with Crippen LogP contribution < -0.4 is 4.90 Å². The standard InChI is InChI=1S/C15H16BrClN2/c1-2-19(11-14-5-3-4-8-18-14)15-7-6-13(17)9-12(15)10-16/h3-9H,2,10-11H2,1H3. The molecule has 0 atom stereocenters. The molecule has 2 rings (SSSR count). The molecule has 2 nitrogen and oxygen atoms in total. The maximum Gasteiger partial charge on any atom is 0.0602 e. The van der Waals surface area contributed by atoms with Crippen molar-refractivity contribution in [1.29, 1.82) is 0 Å². The summed E-state index contributed by atoms with van der Waals surface area (Å²) < 4.78 is 0. The first-order chi connectivity index (χ1) is 9.24. The Morgan fingerprint density at radius 2 is 2.11 bits per heavy atom. The number of hydrogen-bond acceptors (Lipinski definition) is 2. The largest absolute Gasteiger partial charge is 0.366 e. The lowest BCUT2D eigenvalue weighted by Crippen LogP contribution is -2.23. The van der Waals surface area contributed by atoms with Crippen molar-refractivity contribution >= 4 is 33.2 Å². The number of aromatic nitrogens is 1. The maximum absolute atomic E-state index is 6.05. The minimum absolute atomic E-state index is 0.770. The Balaban J connectivity index is 2.27. The average molecular weight is 340 g/mol. The van der Waals surface area contributed by atoms with Crippen LogP contribution in [0.1, 0.15) is 18.2 Å². The smallest absolute Gasteiger partial charge is 0.0602 e. The van der Waals surface area contributed by atoms with E-state index in [9.17, 15) is 0 Å². The molecule has 1 aromatic carbocycles. The van der Waals surface area contributed by atoms with E-state index in [2.05, 4.69) is 38.8 Å². The van der Waals surface area contributed by atoms with Crippen LogP contribution in [0.4, 0.5) is 5.69 Å². The van der Waals surface area contributed by atoms with E-state index in [1.165, 1.54) is 11.3 Å². The summed E-state index contributed by atoms with van der Waals surface area (Å²) in [7, 11) is 0. The van der Waals surface area contributed by atoms with Crippen molar-refractivity contribution in [2.24, 2.45) is 0 Å². The molecule has 0 N–H and O–H groups in total. The molecule has 0 saturated carbocycles. The highest BCUT2D eigenvalue weighted by atomic mass is 79.9. The minimum atomic E-state index is 0.770. The van der Waals surface area contributed by atoms with Gasteiger partial charge in [-0.3, -0.25) is 4.98 Å². The van der Waals surface area contributed by atoms with Crippen LogP contribution in [0.2, 0.25) is 5.02 Å². The van der Waals surface area contributed by atoms with E-state index in [0.29, 0.717) is 0 Å². The van der Waals surface area contributed by atoms with Crippen molar-refractivity contribution < 1.29 is 0 Å². The zero-order valence-corrected chi connectivity index (χ0v) is 13.2. The van der Waals surface area contributed by atoms with Gasteiger partial charge in [-0.25, -0.2) is 0 Å². The van der Waals surface area contributed by atoms with E-state index in [-0.39, 0.29) is 0 Å². The quantitative estimate of drug-likeness (QED) is 0.737. The topological polar surface area (TPSA) is 16.1 Å². The Morgan fingerprint density at radius 1 is 1.26 bits per heavy atom. The highest BCUT2D eigenvalue weighted by molar-refractivity contribution is 9.08. The van der Waals surface area contributed by atoms with Crippen LogP contribution >= 0.6 is 27.5 Å². The number of anilines is 1. The predicted octanol–water partition coefficient (Wildman–Crippen LogP) is 4.66. The molecule has 19 heavy (non-hydrogen) atoms. The predicted molar refractivity (Wildman–Crippen MR) is 85.0 cm³/mol. The fourth-order valence-corrected chi connectivity index (χ4v) is 2.67. The third-order valence-corrected chi connectivity index (χ3v) is 3.83. The Kier molecular flexibility index (Phi) is 5.23. The second-order valence-electron chi connectivity index (χ2n) is 4.24. The monoisotopic (exact) mass is 338 g/mol. The summed E-state index contributed by atoms with van der Waals surface area (Å²) in [5.41, 5.74) is 3.47. The second kappa shape index (κ2) is 6.92. The van der Waals surface area contributed by atoms with Gasteiger partial charge in [0.05, 0.1) is 12.2 Å². The summed E-state index contributed by atoms with van der Waals surface area (Å²) in [5, 5.41) is 1.56. The highest BCUT2D eigenvalue weighted by Gasteiger charge is 2.10. The number of rotatable bonds is 5. The lowest BCUT2D eigenvalue weighted by Gasteiger charge is -2.25. The van der Waals surface area contributed by atoms with Gasteiger partial charge in [0.15, 0.2) is 0 Å². The van der Waals surface area contributed by atoms with Crippen LogP contribution in [0, 0.1) is 0 Å². The van der Waals surface area contributed by atoms with Gasteiger partial charge in [0.2, 0.25) is 0 Å². The summed E-state index contributed by atoms with van der Waals surface area (Å²) in [5.74, 6) is 0. The van der Waals surface area contributed by atoms with E-state index in [4.69, 9.17) is 11.6 Å². The molecule has 0 radical (unpaired) electrons. The molecule has 0 aliphatic heterocycles. The minimum Gasteiger partial charge on any atom is -0.366 e. The molecule has 0 aliphatic carbocycles. The fraction of sp³-hybridized carbons (Fsp3) is 0.267. The van der Waals surface area contributed by atoms with Crippen LogP contribution in [-0.2, 0) is 11.9 Å². The van der Waals surface area contributed by atoms with E-state index >= 15 is 0 Å². The van der Waals surface area contributed by atoms with Gasteiger partial charge in [0.25, 0.3) is 0 Å². The van der Waals surface area contributed by atoms with E-state index in [0.717, 1.165) is 29.1 Å². The Morgan fingerprint density at radius 3 is 2.74 bits per heavy atom. The molecule has 0 spiro atoms. The summed E-state index contributed by atoms with van der Waals surface area (Å²) in [4.78, 5) is 6.69. The highest BCUT2D eigenvalue weighted by Crippen LogP contribution is 2.27. The number of alkyl halides is 1. The average Bonchev–Trinajstić information content (AvgIpc) is 2.46. The number of halogens is 2. The fourth-order valence-electron chi connectivity index (χ4n) is 2.02. The number of benzene rings is 1. The zero-order chi connectivity index (χ0) is 13.7. The number of hydrogen-bond donors (Lipinski definition) is 0. The molecule has 0 saturated heterocycles. The zero-order valence-electron chi connectivity index (χ0n) is 10.8. The molecule has 100 valence electrons. The summed E-state index contributed by atoms with van der Waals surface area (Å²) in [6.07, 6.45) is 1.83. The van der Waals surface area contributed by atoms with E-state index in [1.54, 1.807) is 0 Å². The van der Waals surface area contributed by atoms with Gasteiger partial charge in [-0.05, 0) is 42.8 Å². The summed E-state index contributed by atoms with van der Waals surface area (Å²) >= 11 is 9.58. The van der Waals surface area contributed by atoms with Crippen molar-refractivity contribution in [2.45, 2.75) is 18.8 Å². The molecule has 0 aliphatic rings. The van der Waals surface area contributed by atoms with Crippen LogP contribution in [-0.4, -0.2) is 11.5 Å². The van der Waals surface area contributed by atoms with Gasteiger partial charge < -0.3 is 4.90 Å². The van der Waals surface area contributed by atoms with Crippen LogP contribution in [0.25, 0.3) is 0 Å². The lowest BCUT2D eigenvalue weighted by atomic mass is 10.1.